The molecule has 18 heavy (non-hydrogen) atoms. The number of hydrogen-bond donors (Lipinski definition) is 1. The molecule has 1 unspecified atom stereocenters. The van der Waals surface area contributed by atoms with Crippen LogP contribution >= 0.6 is 0 Å². The van der Waals surface area contributed by atoms with E-state index in [-0.39, 0.29) is 11.5 Å². The van der Waals surface area contributed by atoms with Crippen molar-refractivity contribution in [1.29, 1.82) is 0 Å². The molecule has 0 bridgehead atoms. The molecular weight excluding hydrogens is 266 g/mol. The number of rotatable bonds is 4. The van der Waals surface area contributed by atoms with E-state index in [1.54, 1.807) is 0 Å². The van der Waals surface area contributed by atoms with Crippen LogP contribution in [0.2, 0.25) is 0 Å². The van der Waals surface area contributed by atoms with Crippen LogP contribution in [0.3, 0.4) is 0 Å². The van der Waals surface area contributed by atoms with Crippen LogP contribution < -0.4 is 4.74 Å². The van der Waals surface area contributed by atoms with E-state index < -0.39 is 24.9 Å². The molecule has 1 atom stereocenters. The van der Waals surface area contributed by atoms with Gasteiger partial charge in [-0.25, -0.2) is 4.39 Å². The summed E-state index contributed by atoms with van der Waals surface area (Å²) in [5.41, 5.74) is 0. The zero-order valence-electron chi connectivity index (χ0n) is 8.72. The molecule has 2 nitrogen and oxygen atoms in total. The molecule has 0 saturated heterocycles. The average Bonchev–Trinajstić information content (AvgIpc) is 2.26. The molecule has 102 valence electrons. The number of halogens is 6. The van der Waals surface area contributed by atoms with Gasteiger partial charge in [0.05, 0.1) is 0 Å². The van der Waals surface area contributed by atoms with Gasteiger partial charge in [0.2, 0.25) is 0 Å². The fourth-order valence-corrected chi connectivity index (χ4v) is 1.03. The molecule has 1 aromatic carbocycles. The highest BCUT2D eigenvalue weighted by Gasteiger charge is 2.57. The molecule has 1 aromatic rings. The van der Waals surface area contributed by atoms with E-state index in [2.05, 4.69) is 4.74 Å². The Kier molecular flexibility index (Phi) is 3.98. The first-order valence-corrected chi connectivity index (χ1v) is 4.63. The van der Waals surface area contributed by atoms with Crippen LogP contribution in [0, 0.1) is 0 Å². The van der Waals surface area contributed by atoms with Gasteiger partial charge in [-0.15, -0.1) is 0 Å². The predicted octanol–water partition coefficient (Wildman–Crippen LogP) is 3.31. The highest BCUT2D eigenvalue weighted by Crippen LogP contribution is 2.35. The summed E-state index contributed by atoms with van der Waals surface area (Å²) >= 11 is 0. The summed E-state index contributed by atoms with van der Waals surface area (Å²) in [4.78, 5) is 0. The van der Waals surface area contributed by atoms with E-state index in [1.165, 1.54) is 0 Å². The van der Waals surface area contributed by atoms with Gasteiger partial charge in [0.1, 0.15) is 11.5 Å². The van der Waals surface area contributed by atoms with Crippen molar-refractivity contribution >= 4 is 0 Å². The van der Waals surface area contributed by atoms with E-state index in [4.69, 9.17) is 5.11 Å². The zero-order valence-corrected chi connectivity index (χ0v) is 8.72. The van der Waals surface area contributed by atoms with Crippen LogP contribution in [0.5, 0.6) is 11.5 Å². The Morgan fingerprint density at radius 1 is 1.06 bits per heavy atom. The van der Waals surface area contributed by atoms with Gasteiger partial charge in [-0.2, -0.15) is 22.0 Å². The SMILES string of the molecule is Oc1ccc(OCC(F)(F)C(F)C(F)(F)F)cc1. The molecule has 8 heteroatoms. The number of phenolic OH excluding ortho intramolecular Hbond substituents is 1. The predicted molar refractivity (Wildman–Crippen MR) is 49.5 cm³/mol. The maximum atomic E-state index is 12.8. The number of phenols is 1. The largest absolute Gasteiger partial charge is 0.508 e. The molecule has 1 N–H and O–H groups in total. The van der Waals surface area contributed by atoms with Crippen molar-refractivity contribution in [2.75, 3.05) is 6.61 Å². The van der Waals surface area contributed by atoms with Crippen molar-refractivity contribution in [2.45, 2.75) is 18.3 Å². The lowest BCUT2D eigenvalue weighted by molar-refractivity contribution is -0.250. The molecule has 0 amide bonds. The van der Waals surface area contributed by atoms with Gasteiger partial charge in [-0.1, -0.05) is 0 Å². The summed E-state index contributed by atoms with van der Waals surface area (Å²) in [7, 11) is 0. The van der Waals surface area contributed by atoms with Gasteiger partial charge in [-0.3, -0.25) is 0 Å². The van der Waals surface area contributed by atoms with Crippen molar-refractivity contribution < 1.29 is 36.2 Å². The van der Waals surface area contributed by atoms with Gasteiger partial charge < -0.3 is 9.84 Å². The number of alkyl halides is 6. The van der Waals surface area contributed by atoms with Crippen LogP contribution in [0.25, 0.3) is 0 Å². The summed E-state index contributed by atoms with van der Waals surface area (Å²) in [6, 6.07) is 4.30. The smallest absolute Gasteiger partial charge is 0.425 e. The highest BCUT2D eigenvalue weighted by atomic mass is 19.4. The Balaban J connectivity index is 2.64. The number of ether oxygens (including phenoxy) is 1. The molecule has 0 heterocycles. The quantitative estimate of drug-likeness (QED) is 0.853. The Bertz CT molecular complexity index is 386. The van der Waals surface area contributed by atoms with Crippen LogP contribution in [-0.4, -0.2) is 30.0 Å². The molecule has 0 spiro atoms. The lowest BCUT2D eigenvalue weighted by atomic mass is 10.2. The topological polar surface area (TPSA) is 29.5 Å². The molecular formula is C10H8F6O2. The molecule has 0 saturated carbocycles. The maximum absolute atomic E-state index is 12.8. The summed E-state index contributed by atoms with van der Waals surface area (Å²) in [5, 5.41) is 8.87. The molecule has 0 aromatic heterocycles. The third kappa shape index (κ3) is 3.71. The van der Waals surface area contributed by atoms with Crippen LogP contribution in [0.1, 0.15) is 0 Å². The second-order valence-electron chi connectivity index (χ2n) is 3.45. The minimum absolute atomic E-state index is 0.173. The maximum Gasteiger partial charge on any atom is 0.425 e. The zero-order chi connectivity index (χ0) is 14.0. The van der Waals surface area contributed by atoms with Crippen LogP contribution in [0.4, 0.5) is 26.3 Å². The van der Waals surface area contributed by atoms with Crippen molar-refractivity contribution in [2.24, 2.45) is 0 Å². The summed E-state index contributed by atoms with van der Waals surface area (Å²) in [6.45, 7) is -1.75. The third-order valence-corrected chi connectivity index (χ3v) is 1.93. The summed E-state index contributed by atoms with van der Waals surface area (Å²) < 4.78 is 77.8. The lowest BCUT2D eigenvalue weighted by Gasteiger charge is -2.22. The first kappa shape index (κ1) is 14.5. The molecule has 0 aliphatic heterocycles. The van der Waals surface area contributed by atoms with Gasteiger partial charge >= 0.3 is 12.1 Å². The van der Waals surface area contributed by atoms with E-state index >= 15 is 0 Å². The minimum Gasteiger partial charge on any atom is -0.508 e. The second-order valence-corrected chi connectivity index (χ2v) is 3.45. The Morgan fingerprint density at radius 2 is 1.56 bits per heavy atom. The normalized spacial score (nSPS) is 14.3. The summed E-state index contributed by atoms with van der Waals surface area (Å²) in [5.74, 6) is -5.06. The fourth-order valence-electron chi connectivity index (χ4n) is 1.03. The second kappa shape index (κ2) is 4.95. The molecule has 1 rings (SSSR count). The van der Waals surface area contributed by atoms with E-state index in [9.17, 15) is 26.3 Å². The first-order chi connectivity index (χ1) is 8.13. The van der Waals surface area contributed by atoms with Gasteiger partial charge in [0.25, 0.3) is 6.17 Å². The number of benzene rings is 1. The van der Waals surface area contributed by atoms with Crippen molar-refractivity contribution in [1.82, 2.24) is 0 Å². The highest BCUT2D eigenvalue weighted by molar-refractivity contribution is 5.30. The molecule has 0 radical (unpaired) electrons. The Morgan fingerprint density at radius 3 is 2.00 bits per heavy atom. The first-order valence-electron chi connectivity index (χ1n) is 4.63. The van der Waals surface area contributed by atoms with E-state index in [0.29, 0.717) is 0 Å². The number of aromatic hydroxyl groups is 1. The van der Waals surface area contributed by atoms with Crippen molar-refractivity contribution in [3.8, 4) is 11.5 Å². The molecule has 0 fully saturated rings. The van der Waals surface area contributed by atoms with Crippen molar-refractivity contribution in [3.63, 3.8) is 0 Å². The monoisotopic (exact) mass is 274 g/mol. The fraction of sp³-hybridized carbons (Fsp3) is 0.400. The van der Waals surface area contributed by atoms with Crippen LogP contribution in [0.15, 0.2) is 24.3 Å². The van der Waals surface area contributed by atoms with E-state index in [0.717, 1.165) is 24.3 Å². The summed E-state index contributed by atoms with van der Waals surface area (Å²) in [6.07, 6.45) is -9.94. The standard InChI is InChI=1S/C10H8F6O2/c11-8(10(14,15)16)9(12,13)5-18-7-3-1-6(17)2-4-7/h1-4,8,17H,5H2. The molecule has 0 aliphatic rings. The number of hydrogen-bond acceptors (Lipinski definition) is 2. The molecule has 0 aliphatic carbocycles. The van der Waals surface area contributed by atoms with Gasteiger partial charge in [0, 0.05) is 0 Å². The van der Waals surface area contributed by atoms with Gasteiger partial charge in [-0.05, 0) is 24.3 Å². The Labute approximate surface area is 97.8 Å². The van der Waals surface area contributed by atoms with E-state index in [1.807, 2.05) is 0 Å². The third-order valence-electron chi connectivity index (χ3n) is 1.93. The van der Waals surface area contributed by atoms with Gasteiger partial charge in [0.15, 0.2) is 6.61 Å². The minimum atomic E-state index is -5.65. The van der Waals surface area contributed by atoms with Crippen LogP contribution in [-0.2, 0) is 0 Å². The lowest BCUT2D eigenvalue weighted by Crippen LogP contribution is -2.45. The van der Waals surface area contributed by atoms with Crippen molar-refractivity contribution in [3.05, 3.63) is 24.3 Å². The average molecular weight is 274 g/mol. The Hall–Kier alpha value is -1.60.